The number of rotatable bonds is 7. The van der Waals surface area contributed by atoms with Gasteiger partial charge in [-0.25, -0.2) is 4.79 Å². The lowest BCUT2D eigenvalue weighted by atomic mass is 9.96. The molecule has 0 saturated carbocycles. The first-order chi connectivity index (χ1) is 10.3. The molecule has 0 aliphatic rings. The van der Waals surface area contributed by atoms with E-state index in [0.717, 1.165) is 0 Å². The fourth-order valence-corrected chi connectivity index (χ4v) is 0.967. The van der Waals surface area contributed by atoms with Crippen LogP contribution in [0.25, 0.3) is 0 Å². The third-order valence-electron chi connectivity index (χ3n) is 1.76. The summed E-state index contributed by atoms with van der Waals surface area (Å²) in [6.07, 6.45) is -3.18. The van der Waals surface area contributed by atoms with Crippen LogP contribution in [0, 0.1) is 0 Å². The minimum atomic E-state index is -2.74. The average Bonchev–Trinajstić information content (AvgIpc) is 2.25. The van der Waals surface area contributed by atoms with Crippen LogP contribution in [0.1, 0.15) is 33.1 Å². The van der Waals surface area contributed by atoms with E-state index in [1.165, 1.54) is 6.92 Å². The highest BCUT2D eigenvalue weighted by molar-refractivity contribution is 5.88. The Morgan fingerprint density at radius 2 is 1.22 bits per heavy atom. The van der Waals surface area contributed by atoms with E-state index in [-0.39, 0.29) is 13.0 Å². The van der Waals surface area contributed by atoms with Crippen molar-refractivity contribution < 1.29 is 54.9 Å². The van der Waals surface area contributed by atoms with Crippen LogP contribution >= 0.6 is 0 Å². The highest BCUT2D eigenvalue weighted by Crippen LogP contribution is 2.15. The summed E-state index contributed by atoms with van der Waals surface area (Å²) in [5.41, 5.74) is -2.74. The third kappa shape index (κ3) is 19.8. The predicted molar refractivity (Wildman–Crippen MR) is 73.8 cm³/mol. The molecule has 1 atom stereocenters. The first-order valence-corrected chi connectivity index (χ1v) is 6.22. The molecule has 0 heterocycles. The molecule has 11 nitrogen and oxygen atoms in total. The Kier molecular flexibility index (Phi) is 15.0. The molecule has 0 saturated heterocycles. The molecule has 0 fully saturated rings. The van der Waals surface area contributed by atoms with Gasteiger partial charge < -0.3 is 35.7 Å². The molecule has 0 amide bonds. The summed E-state index contributed by atoms with van der Waals surface area (Å²) in [5, 5.41) is 57.6. The van der Waals surface area contributed by atoms with E-state index in [1.54, 1.807) is 6.92 Å². The minimum absolute atomic E-state index is 0.167. The maximum absolute atomic E-state index is 10.3. The van der Waals surface area contributed by atoms with Gasteiger partial charge in [-0.05, 0) is 13.8 Å². The molecule has 7 N–H and O–H groups in total. The van der Waals surface area contributed by atoms with Crippen LogP contribution < -0.4 is 0 Å². The van der Waals surface area contributed by atoms with Crippen molar-refractivity contribution in [2.75, 3.05) is 6.61 Å². The van der Waals surface area contributed by atoms with E-state index < -0.39 is 48.4 Å². The Bertz CT molecular complexity index is 372. The largest absolute Gasteiger partial charge is 0.481 e. The van der Waals surface area contributed by atoms with Gasteiger partial charge in [0.2, 0.25) is 0 Å². The normalized spacial score (nSPS) is 11.0. The molecule has 0 bridgehead atoms. The van der Waals surface area contributed by atoms with Gasteiger partial charge in [0, 0.05) is 6.61 Å². The van der Waals surface area contributed by atoms with Crippen molar-refractivity contribution in [3.63, 3.8) is 0 Å². The van der Waals surface area contributed by atoms with Crippen LogP contribution in [-0.4, -0.2) is 77.9 Å². The van der Waals surface area contributed by atoms with E-state index in [4.69, 9.17) is 35.7 Å². The topological polar surface area (TPSA) is 210 Å². The quantitative estimate of drug-likeness (QED) is 0.285. The molecule has 0 aromatic heterocycles. The van der Waals surface area contributed by atoms with E-state index in [0.29, 0.717) is 0 Å². The zero-order valence-corrected chi connectivity index (χ0v) is 12.7. The highest BCUT2D eigenvalue weighted by atomic mass is 16.4. The first-order valence-electron chi connectivity index (χ1n) is 6.22. The standard InChI is InChI=1S/C6H8O7.C4H8O3.C2H6O/c7-3(8)1-6(13,5(11)12)2-4(9)10;1-3(5)2-4(6)7;1-2-3/h13H,1-2H2,(H,7,8)(H,9,10)(H,11,12);3,5H,2H2,1H3,(H,6,7);3H,2H2,1H3. The van der Waals surface area contributed by atoms with Crippen molar-refractivity contribution in [2.24, 2.45) is 0 Å². The molecule has 0 aromatic rings. The number of hydrogen-bond donors (Lipinski definition) is 7. The van der Waals surface area contributed by atoms with Crippen LogP contribution in [0.5, 0.6) is 0 Å². The van der Waals surface area contributed by atoms with Crippen LogP contribution in [0.2, 0.25) is 0 Å². The SMILES string of the molecule is CC(O)CC(=O)O.CCO.O=C(O)CC(O)(CC(=O)O)C(=O)O. The second-order valence-electron chi connectivity index (χ2n) is 4.24. The lowest BCUT2D eigenvalue weighted by Gasteiger charge is -2.18. The summed E-state index contributed by atoms with van der Waals surface area (Å²) in [6.45, 7) is 3.37. The zero-order valence-electron chi connectivity index (χ0n) is 12.7. The zero-order chi connectivity index (χ0) is 19.2. The van der Waals surface area contributed by atoms with E-state index >= 15 is 0 Å². The Labute approximate surface area is 131 Å². The van der Waals surface area contributed by atoms with Gasteiger partial charge in [-0.3, -0.25) is 14.4 Å². The number of aliphatic hydroxyl groups is 3. The molecular formula is C12H22O11. The van der Waals surface area contributed by atoms with Crippen molar-refractivity contribution >= 4 is 23.9 Å². The first kappa shape index (κ1) is 25.7. The van der Waals surface area contributed by atoms with Crippen molar-refractivity contribution in [3.05, 3.63) is 0 Å². The summed E-state index contributed by atoms with van der Waals surface area (Å²) in [5.74, 6) is -5.98. The molecule has 1 unspecified atom stereocenters. The molecule has 23 heavy (non-hydrogen) atoms. The van der Waals surface area contributed by atoms with Crippen LogP contribution in [0.4, 0.5) is 0 Å². The van der Waals surface area contributed by atoms with Gasteiger partial charge >= 0.3 is 23.9 Å². The number of carboxylic acid groups (broad SMARTS) is 4. The van der Waals surface area contributed by atoms with E-state index in [1.807, 2.05) is 0 Å². The molecule has 136 valence electrons. The summed E-state index contributed by atoms with van der Waals surface area (Å²) < 4.78 is 0. The Morgan fingerprint density at radius 1 is 0.913 bits per heavy atom. The molecule has 0 aliphatic carbocycles. The summed E-state index contributed by atoms with van der Waals surface area (Å²) >= 11 is 0. The van der Waals surface area contributed by atoms with Crippen LogP contribution in [-0.2, 0) is 19.2 Å². The predicted octanol–water partition coefficient (Wildman–Crippen LogP) is -1.41. The van der Waals surface area contributed by atoms with Crippen molar-refractivity contribution in [2.45, 2.75) is 44.8 Å². The van der Waals surface area contributed by atoms with Gasteiger partial charge in [0.15, 0.2) is 5.60 Å². The molecule has 0 aliphatic heterocycles. The van der Waals surface area contributed by atoms with Gasteiger partial charge in [0.05, 0.1) is 25.4 Å². The third-order valence-corrected chi connectivity index (χ3v) is 1.76. The van der Waals surface area contributed by atoms with Gasteiger partial charge in [0.1, 0.15) is 0 Å². The Balaban J connectivity index is -0.000000335. The lowest BCUT2D eigenvalue weighted by Crippen LogP contribution is -2.42. The summed E-state index contributed by atoms with van der Waals surface area (Å²) in [6, 6.07) is 0. The number of hydrogen-bond acceptors (Lipinski definition) is 7. The lowest BCUT2D eigenvalue weighted by molar-refractivity contribution is -0.170. The van der Waals surface area contributed by atoms with Crippen molar-refractivity contribution in [3.8, 4) is 0 Å². The minimum Gasteiger partial charge on any atom is -0.481 e. The van der Waals surface area contributed by atoms with Crippen molar-refractivity contribution in [1.82, 2.24) is 0 Å². The van der Waals surface area contributed by atoms with Crippen LogP contribution in [0.15, 0.2) is 0 Å². The fourth-order valence-electron chi connectivity index (χ4n) is 0.967. The number of aliphatic carboxylic acids is 4. The fraction of sp³-hybridized carbons (Fsp3) is 0.667. The smallest absolute Gasteiger partial charge is 0.336 e. The molecule has 0 rings (SSSR count). The molecule has 0 radical (unpaired) electrons. The number of carbonyl (C=O) groups is 4. The Hall–Kier alpha value is -2.24. The maximum atomic E-state index is 10.3. The van der Waals surface area contributed by atoms with Gasteiger partial charge in [-0.15, -0.1) is 0 Å². The maximum Gasteiger partial charge on any atom is 0.336 e. The molecular weight excluding hydrogens is 320 g/mol. The summed E-state index contributed by atoms with van der Waals surface area (Å²) in [4.78, 5) is 40.1. The monoisotopic (exact) mass is 342 g/mol. The van der Waals surface area contributed by atoms with Crippen LogP contribution in [0.3, 0.4) is 0 Å². The molecule has 11 heteroatoms. The van der Waals surface area contributed by atoms with Crippen molar-refractivity contribution in [1.29, 1.82) is 0 Å². The number of carboxylic acids is 4. The summed E-state index contributed by atoms with van der Waals surface area (Å²) in [7, 11) is 0. The van der Waals surface area contributed by atoms with Gasteiger partial charge in [-0.1, -0.05) is 0 Å². The average molecular weight is 342 g/mol. The Morgan fingerprint density at radius 3 is 1.30 bits per heavy atom. The second-order valence-corrected chi connectivity index (χ2v) is 4.24. The van der Waals surface area contributed by atoms with E-state index in [9.17, 15) is 19.2 Å². The number of aliphatic hydroxyl groups excluding tert-OH is 2. The molecule has 0 spiro atoms. The second kappa shape index (κ2) is 13.4. The highest BCUT2D eigenvalue weighted by Gasteiger charge is 2.40. The van der Waals surface area contributed by atoms with Gasteiger partial charge in [-0.2, -0.15) is 0 Å². The molecule has 0 aromatic carbocycles. The van der Waals surface area contributed by atoms with E-state index in [2.05, 4.69) is 0 Å². The van der Waals surface area contributed by atoms with Gasteiger partial charge in [0.25, 0.3) is 0 Å².